The van der Waals surface area contributed by atoms with Crippen molar-refractivity contribution in [3.8, 4) is 0 Å². The highest BCUT2D eigenvalue weighted by molar-refractivity contribution is 9.11. The van der Waals surface area contributed by atoms with Crippen LogP contribution in [0.1, 0.15) is 5.89 Å². The molecule has 0 aliphatic rings. The first kappa shape index (κ1) is 14.3. The largest absolute Gasteiger partial charge is 0.408 e. The smallest absolute Gasteiger partial charge is 0.329 e. The zero-order chi connectivity index (χ0) is 14.2. The monoisotopic (exact) mass is 410 g/mol. The van der Waals surface area contributed by atoms with Gasteiger partial charge in [0.2, 0.25) is 5.89 Å². The number of nitrogens with two attached hydrogens (primary N) is 1. The van der Waals surface area contributed by atoms with Gasteiger partial charge in [0.1, 0.15) is 4.90 Å². The summed E-state index contributed by atoms with van der Waals surface area (Å²) in [5, 5.41) is 7.09. The van der Waals surface area contributed by atoms with Gasteiger partial charge in [-0.25, -0.2) is 13.1 Å². The van der Waals surface area contributed by atoms with Gasteiger partial charge in [0.05, 0.1) is 5.69 Å². The van der Waals surface area contributed by atoms with Crippen molar-refractivity contribution in [2.24, 2.45) is 0 Å². The number of rotatable bonds is 3. The molecule has 0 fully saturated rings. The summed E-state index contributed by atoms with van der Waals surface area (Å²) in [7, 11) is -3.92. The molecule has 1 aromatic heterocycles. The Morgan fingerprint density at radius 2 is 2.00 bits per heavy atom. The van der Waals surface area contributed by atoms with Crippen LogP contribution in [0.2, 0.25) is 0 Å². The average Bonchev–Trinajstić information content (AvgIpc) is 2.60. The second-order valence-corrected chi connectivity index (χ2v) is 6.93. The molecule has 0 aliphatic heterocycles. The molecule has 0 spiro atoms. The Hall–Kier alpha value is -1.13. The van der Waals surface area contributed by atoms with E-state index >= 15 is 0 Å². The lowest BCUT2D eigenvalue weighted by Gasteiger charge is -2.09. The van der Waals surface area contributed by atoms with Gasteiger partial charge in [0, 0.05) is 15.9 Å². The van der Waals surface area contributed by atoms with Crippen LogP contribution in [0.4, 0.5) is 11.7 Å². The van der Waals surface area contributed by atoms with Crippen molar-refractivity contribution < 1.29 is 12.8 Å². The number of nitrogens with one attached hydrogen (secondary N) is 1. The summed E-state index contributed by atoms with van der Waals surface area (Å²) in [5.41, 5.74) is 5.81. The quantitative estimate of drug-likeness (QED) is 0.749. The second kappa shape index (κ2) is 5.10. The summed E-state index contributed by atoms with van der Waals surface area (Å²) >= 11 is 6.37. The Morgan fingerprint density at radius 3 is 2.53 bits per heavy atom. The predicted octanol–water partition coefficient (Wildman–Crippen LogP) is 2.29. The molecular formula is C9H8Br2N4O3S. The van der Waals surface area contributed by atoms with Gasteiger partial charge in [0.25, 0.3) is 10.0 Å². The van der Waals surface area contributed by atoms with E-state index in [1.165, 1.54) is 6.07 Å². The van der Waals surface area contributed by atoms with Gasteiger partial charge >= 0.3 is 6.01 Å². The molecule has 1 aromatic carbocycles. The zero-order valence-corrected chi connectivity index (χ0v) is 13.5. The molecule has 0 radical (unpaired) electrons. The third kappa shape index (κ3) is 3.07. The highest BCUT2D eigenvalue weighted by atomic mass is 79.9. The van der Waals surface area contributed by atoms with Crippen LogP contribution in [0.3, 0.4) is 0 Å². The maximum atomic E-state index is 12.2. The number of halogens is 2. The molecule has 7 nitrogen and oxygen atoms in total. The SMILES string of the molecule is Cc1nnc(NS(=O)(=O)c2c(N)cc(Br)cc2Br)o1. The molecule has 19 heavy (non-hydrogen) atoms. The fourth-order valence-electron chi connectivity index (χ4n) is 1.37. The van der Waals surface area contributed by atoms with Crippen molar-refractivity contribution >= 4 is 53.6 Å². The zero-order valence-electron chi connectivity index (χ0n) is 9.52. The van der Waals surface area contributed by atoms with E-state index in [2.05, 4.69) is 46.8 Å². The van der Waals surface area contributed by atoms with E-state index in [-0.39, 0.29) is 22.5 Å². The summed E-state index contributed by atoms with van der Waals surface area (Å²) in [6.45, 7) is 1.55. The fraction of sp³-hybridized carbons (Fsp3) is 0.111. The molecule has 102 valence electrons. The first-order valence-corrected chi connectivity index (χ1v) is 7.94. The Balaban J connectivity index is 2.45. The summed E-state index contributed by atoms with van der Waals surface area (Å²) in [5.74, 6) is 0.251. The van der Waals surface area contributed by atoms with Gasteiger partial charge < -0.3 is 10.2 Å². The molecule has 2 rings (SSSR count). The third-order valence-electron chi connectivity index (χ3n) is 2.05. The standard InChI is InChI=1S/C9H8Br2N4O3S/c1-4-13-14-9(18-4)15-19(16,17)8-6(11)2-5(10)3-7(8)12/h2-3H,12H2,1H3,(H,14,15). The van der Waals surface area contributed by atoms with Crippen LogP contribution in [0, 0.1) is 6.92 Å². The van der Waals surface area contributed by atoms with Crippen LogP contribution in [-0.4, -0.2) is 18.6 Å². The molecule has 2 aromatic rings. The van der Waals surface area contributed by atoms with E-state index in [1.54, 1.807) is 13.0 Å². The lowest BCUT2D eigenvalue weighted by Crippen LogP contribution is -2.15. The fourth-order valence-corrected chi connectivity index (χ4v) is 4.36. The summed E-state index contributed by atoms with van der Waals surface area (Å²) in [4.78, 5) is -0.0912. The number of aromatic nitrogens is 2. The van der Waals surface area contributed by atoms with Gasteiger partial charge in [-0.05, 0) is 28.1 Å². The van der Waals surface area contributed by atoms with Crippen LogP contribution in [0.25, 0.3) is 0 Å². The molecule has 0 aliphatic carbocycles. The molecule has 0 atom stereocenters. The van der Waals surface area contributed by atoms with Crippen LogP contribution >= 0.6 is 31.9 Å². The molecule has 0 amide bonds. The van der Waals surface area contributed by atoms with Gasteiger partial charge in [0.15, 0.2) is 0 Å². The number of hydrogen-bond acceptors (Lipinski definition) is 6. The Kier molecular flexibility index (Phi) is 3.83. The third-order valence-corrected chi connectivity index (χ3v) is 4.84. The van der Waals surface area contributed by atoms with Crippen molar-refractivity contribution in [1.82, 2.24) is 10.2 Å². The van der Waals surface area contributed by atoms with E-state index in [0.29, 0.717) is 8.95 Å². The van der Waals surface area contributed by atoms with Crippen LogP contribution < -0.4 is 10.5 Å². The minimum absolute atomic E-state index is 0.0880. The lowest BCUT2D eigenvalue weighted by molar-refractivity contribution is 0.534. The van der Waals surface area contributed by atoms with E-state index in [1.807, 2.05) is 0 Å². The van der Waals surface area contributed by atoms with Gasteiger partial charge in [-0.1, -0.05) is 21.0 Å². The number of sulfonamides is 1. The molecule has 3 N–H and O–H groups in total. The van der Waals surface area contributed by atoms with Crippen molar-refractivity contribution in [2.45, 2.75) is 11.8 Å². The topological polar surface area (TPSA) is 111 Å². The second-order valence-electron chi connectivity index (χ2n) is 3.54. The number of aryl methyl sites for hydroxylation is 1. The number of nitrogens with zero attached hydrogens (tertiary/aromatic N) is 2. The van der Waals surface area contributed by atoms with E-state index < -0.39 is 10.0 Å². The van der Waals surface area contributed by atoms with Crippen molar-refractivity contribution in [3.63, 3.8) is 0 Å². The molecule has 0 bridgehead atoms. The summed E-state index contributed by atoms with van der Waals surface area (Å²) < 4.78 is 32.5. The van der Waals surface area contributed by atoms with Crippen LogP contribution in [0.5, 0.6) is 0 Å². The number of nitrogen functional groups attached to an aromatic ring is 1. The number of benzene rings is 1. The Morgan fingerprint density at radius 1 is 1.32 bits per heavy atom. The summed E-state index contributed by atoms with van der Waals surface area (Å²) in [6.07, 6.45) is 0. The lowest BCUT2D eigenvalue weighted by atomic mass is 10.3. The first-order chi connectivity index (χ1) is 8.79. The molecule has 0 saturated carbocycles. The van der Waals surface area contributed by atoms with Crippen LogP contribution in [-0.2, 0) is 10.0 Å². The maximum absolute atomic E-state index is 12.2. The molecule has 0 unspecified atom stereocenters. The predicted molar refractivity (Wildman–Crippen MR) is 76.1 cm³/mol. The van der Waals surface area contributed by atoms with Crippen LogP contribution in [0.15, 0.2) is 30.4 Å². The summed E-state index contributed by atoms with van der Waals surface area (Å²) in [6, 6.07) is 2.84. The molecule has 0 saturated heterocycles. The highest BCUT2D eigenvalue weighted by Crippen LogP contribution is 2.32. The van der Waals surface area contributed by atoms with E-state index in [9.17, 15) is 8.42 Å². The van der Waals surface area contributed by atoms with Crippen molar-refractivity contribution in [1.29, 1.82) is 0 Å². The van der Waals surface area contributed by atoms with E-state index in [4.69, 9.17) is 10.2 Å². The first-order valence-electron chi connectivity index (χ1n) is 4.87. The maximum Gasteiger partial charge on any atom is 0.329 e. The average molecular weight is 412 g/mol. The van der Waals surface area contributed by atoms with Crippen molar-refractivity contribution in [2.75, 3.05) is 10.5 Å². The Labute approximate surface area is 125 Å². The van der Waals surface area contributed by atoms with Crippen molar-refractivity contribution in [3.05, 3.63) is 27.0 Å². The molecule has 10 heteroatoms. The van der Waals surface area contributed by atoms with Gasteiger partial charge in [-0.3, -0.25) is 0 Å². The minimum Gasteiger partial charge on any atom is -0.408 e. The minimum atomic E-state index is -3.92. The normalized spacial score (nSPS) is 11.5. The van der Waals surface area contributed by atoms with Gasteiger partial charge in [-0.2, -0.15) is 0 Å². The van der Waals surface area contributed by atoms with Gasteiger partial charge in [-0.15, -0.1) is 5.10 Å². The van der Waals surface area contributed by atoms with E-state index in [0.717, 1.165) is 0 Å². The molecule has 1 heterocycles. The highest BCUT2D eigenvalue weighted by Gasteiger charge is 2.23. The molecular weight excluding hydrogens is 404 g/mol. The Bertz CT molecular complexity index is 706. The number of hydrogen-bond donors (Lipinski definition) is 2. The number of anilines is 2.